The van der Waals surface area contributed by atoms with Crippen molar-refractivity contribution >= 4 is 10.8 Å². The summed E-state index contributed by atoms with van der Waals surface area (Å²) in [5.74, 6) is 1.59. The Kier molecular flexibility index (Phi) is 4.07. The van der Waals surface area contributed by atoms with Gasteiger partial charge in [-0.2, -0.15) is 0 Å². The Bertz CT molecular complexity index is 561. The molecule has 20 heavy (non-hydrogen) atoms. The van der Waals surface area contributed by atoms with Crippen LogP contribution in [0.25, 0.3) is 10.8 Å². The highest BCUT2D eigenvalue weighted by Gasteiger charge is 2.26. The Labute approximate surface area is 122 Å². The number of hydrogen-bond acceptors (Lipinski definition) is 1. The molecule has 1 unspecified atom stereocenters. The van der Waals surface area contributed by atoms with E-state index in [0.29, 0.717) is 5.92 Å². The van der Waals surface area contributed by atoms with Crippen molar-refractivity contribution in [3.63, 3.8) is 0 Å². The van der Waals surface area contributed by atoms with Crippen LogP contribution in [0.4, 0.5) is 0 Å². The minimum Gasteiger partial charge on any atom is -0.324 e. The van der Waals surface area contributed by atoms with Gasteiger partial charge in [0.2, 0.25) is 0 Å². The Morgan fingerprint density at radius 3 is 2.45 bits per heavy atom. The van der Waals surface area contributed by atoms with Crippen LogP contribution in [-0.2, 0) is 0 Å². The summed E-state index contributed by atoms with van der Waals surface area (Å²) in [5, 5.41) is 2.64. The summed E-state index contributed by atoms with van der Waals surface area (Å²) >= 11 is 0. The van der Waals surface area contributed by atoms with Gasteiger partial charge in [0.1, 0.15) is 0 Å². The number of rotatable bonds is 3. The second-order valence-corrected chi connectivity index (χ2v) is 6.28. The van der Waals surface area contributed by atoms with Crippen molar-refractivity contribution in [1.82, 2.24) is 0 Å². The average Bonchev–Trinajstić information content (AvgIpc) is 2.54. The van der Waals surface area contributed by atoms with Crippen LogP contribution in [-0.4, -0.2) is 0 Å². The first-order chi connectivity index (χ1) is 9.79. The van der Waals surface area contributed by atoms with Crippen molar-refractivity contribution in [2.24, 2.45) is 17.6 Å². The summed E-state index contributed by atoms with van der Waals surface area (Å²) in [6.45, 7) is 2.32. The Morgan fingerprint density at radius 2 is 1.70 bits per heavy atom. The summed E-state index contributed by atoms with van der Waals surface area (Å²) < 4.78 is 0. The maximum absolute atomic E-state index is 6.62. The van der Waals surface area contributed by atoms with Gasteiger partial charge in [-0.05, 0) is 41.0 Å². The van der Waals surface area contributed by atoms with E-state index < -0.39 is 0 Å². The van der Waals surface area contributed by atoms with Gasteiger partial charge in [-0.25, -0.2) is 0 Å². The van der Waals surface area contributed by atoms with E-state index in [1.54, 1.807) is 0 Å². The average molecular weight is 267 g/mol. The van der Waals surface area contributed by atoms with Gasteiger partial charge in [-0.1, -0.05) is 68.7 Å². The predicted octanol–water partition coefficient (Wildman–Crippen LogP) is 5.06. The highest BCUT2D eigenvalue weighted by molar-refractivity contribution is 5.86. The van der Waals surface area contributed by atoms with E-state index >= 15 is 0 Å². The monoisotopic (exact) mass is 267 g/mol. The molecule has 1 aliphatic rings. The van der Waals surface area contributed by atoms with Crippen molar-refractivity contribution in [2.45, 2.75) is 45.1 Å². The van der Waals surface area contributed by atoms with Gasteiger partial charge in [-0.15, -0.1) is 0 Å². The van der Waals surface area contributed by atoms with E-state index in [-0.39, 0.29) is 6.04 Å². The normalized spacial score (nSPS) is 24.7. The zero-order valence-corrected chi connectivity index (χ0v) is 12.4. The van der Waals surface area contributed by atoms with Crippen LogP contribution >= 0.6 is 0 Å². The van der Waals surface area contributed by atoms with Crippen molar-refractivity contribution in [1.29, 1.82) is 0 Å². The van der Waals surface area contributed by atoms with E-state index in [1.165, 1.54) is 48.4 Å². The maximum Gasteiger partial charge on any atom is 0.0329 e. The summed E-state index contributed by atoms with van der Waals surface area (Å²) in [7, 11) is 0. The van der Waals surface area contributed by atoms with Crippen LogP contribution in [0.5, 0.6) is 0 Å². The first kappa shape index (κ1) is 13.6. The molecule has 2 aromatic rings. The van der Waals surface area contributed by atoms with Gasteiger partial charge in [-0.3, -0.25) is 0 Å². The molecule has 3 rings (SSSR count). The lowest BCUT2D eigenvalue weighted by Crippen LogP contribution is -2.26. The predicted molar refractivity (Wildman–Crippen MR) is 86.6 cm³/mol. The van der Waals surface area contributed by atoms with E-state index in [1.807, 2.05) is 0 Å². The van der Waals surface area contributed by atoms with Crippen LogP contribution in [0.3, 0.4) is 0 Å². The lowest BCUT2D eigenvalue weighted by atomic mass is 9.76. The SMILES string of the molecule is CCC1CCC(C(N)c2cccc3ccccc23)CC1. The molecule has 0 amide bonds. The van der Waals surface area contributed by atoms with Gasteiger partial charge in [0.15, 0.2) is 0 Å². The van der Waals surface area contributed by atoms with E-state index in [9.17, 15) is 0 Å². The van der Waals surface area contributed by atoms with Crippen molar-refractivity contribution in [2.75, 3.05) is 0 Å². The molecule has 2 aromatic carbocycles. The Balaban J connectivity index is 1.84. The fourth-order valence-electron chi connectivity index (χ4n) is 3.75. The molecule has 0 spiro atoms. The summed E-state index contributed by atoms with van der Waals surface area (Å²) in [5.41, 5.74) is 7.96. The molecule has 106 valence electrons. The third-order valence-corrected chi connectivity index (χ3v) is 5.16. The summed E-state index contributed by atoms with van der Waals surface area (Å²) in [6, 6.07) is 15.4. The molecule has 0 aliphatic heterocycles. The van der Waals surface area contributed by atoms with Crippen molar-refractivity contribution in [3.05, 3.63) is 48.0 Å². The Hall–Kier alpha value is -1.34. The zero-order chi connectivity index (χ0) is 13.9. The number of benzene rings is 2. The van der Waals surface area contributed by atoms with Crippen molar-refractivity contribution in [3.8, 4) is 0 Å². The smallest absolute Gasteiger partial charge is 0.0329 e. The highest BCUT2D eigenvalue weighted by atomic mass is 14.7. The van der Waals surface area contributed by atoms with E-state index in [2.05, 4.69) is 49.4 Å². The third-order valence-electron chi connectivity index (χ3n) is 5.16. The number of nitrogens with two attached hydrogens (primary N) is 1. The number of fused-ring (bicyclic) bond motifs is 1. The zero-order valence-electron chi connectivity index (χ0n) is 12.4. The molecule has 1 nitrogen and oxygen atoms in total. The largest absolute Gasteiger partial charge is 0.324 e. The van der Waals surface area contributed by atoms with E-state index in [4.69, 9.17) is 5.73 Å². The van der Waals surface area contributed by atoms with Gasteiger partial charge in [0.25, 0.3) is 0 Å². The molecular formula is C19H25N. The molecule has 1 aliphatic carbocycles. The lowest BCUT2D eigenvalue weighted by Gasteiger charge is -2.32. The topological polar surface area (TPSA) is 26.0 Å². The maximum atomic E-state index is 6.62. The van der Waals surface area contributed by atoms with Gasteiger partial charge in [0, 0.05) is 6.04 Å². The quantitative estimate of drug-likeness (QED) is 0.826. The molecule has 0 radical (unpaired) electrons. The summed E-state index contributed by atoms with van der Waals surface area (Å²) in [6.07, 6.45) is 6.64. The van der Waals surface area contributed by atoms with Crippen molar-refractivity contribution < 1.29 is 0 Å². The fourth-order valence-corrected chi connectivity index (χ4v) is 3.75. The van der Waals surface area contributed by atoms with Gasteiger partial charge >= 0.3 is 0 Å². The lowest BCUT2D eigenvalue weighted by molar-refractivity contribution is 0.240. The minimum absolute atomic E-state index is 0.193. The molecule has 2 N–H and O–H groups in total. The second-order valence-electron chi connectivity index (χ2n) is 6.28. The standard InChI is InChI=1S/C19H25N/c1-2-14-10-12-16(13-11-14)19(20)18-9-5-7-15-6-3-4-8-17(15)18/h3-9,14,16,19H,2,10-13,20H2,1H3. The first-order valence-electron chi connectivity index (χ1n) is 8.03. The van der Waals surface area contributed by atoms with Crippen LogP contribution in [0, 0.1) is 11.8 Å². The Morgan fingerprint density at radius 1 is 1.00 bits per heavy atom. The molecule has 1 fully saturated rings. The van der Waals surface area contributed by atoms with E-state index in [0.717, 1.165) is 5.92 Å². The molecule has 1 atom stereocenters. The van der Waals surface area contributed by atoms with Gasteiger partial charge in [0.05, 0.1) is 0 Å². The molecule has 0 bridgehead atoms. The minimum atomic E-state index is 0.193. The van der Waals surface area contributed by atoms with Gasteiger partial charge < -0.3 is 5.73 Å². The van der Waals surface area contributed by atoms with Crippen LogP contribution < -0.4 is 5.73 Å². The summed E-state index contributed by atoms with van der Waals surface area (Å²) in [4.78, 5) is 0. The molecule has 1 saturated carbocycles. The molecule has 0 saturated heterocycles. The third kappa shape index (κ3) is 2.60. The second kappa shape index (κ2) is 5.97. The fraction of sp³-hybridized carbons (Fsp3) is 0.474. The van der Waals surface area contributed by atoms with Crippen LogP contribution in [0.15, 0.2) is 42.5 Å². The highest BCUT2D eigenvalue weighted by Crippen LogP contribution is 2.38. The van der Waals surface area contributed by atoms with Crippen LogP contribution in [0.2, 0.25) is 0 Å². The molecule has 0 heterocycles. The first-order valence-corrected chi connectivity index (χ1v) is 8.03. The van der Waals surface area contributed by atoms with Crippen LogP contribution in [0.1, 0.15) is 50.6 Å². The number of hydrogen-bond donors (Lipinski definition) is 1. The molecule has 1 heteroatoms. The molecular weight excluding hydrogens is 242 g/mol. The molecule has 0 aromatic heterocycles.